The van der Waals surface area contributed by atoms with E-state index in [-0.39, 0.29) is 48.4 Å². The lowest BCUT2D eigenvalue weighted by Crippen LogP contribution is -2.46. The van der Waals surface area contributed by atoms with Crippen molar-refractivity contribution in [1.82, 2.24) is 4.98 Å². The monoisotopic (exact) mass is 393 g/mol. The molecule has 0 unspecified atom stereocenters. The molecule has 7 nitrogen and oxygen atoms in total. The maximum atomic E-state index is 13.1. The van der Waals surface area contributed by atoms with Crippen molar-refractivity contribution in [3.63, 3.8) is 0 Å². The Morgan fingerprint density at radius 1 is 1.41 bits per heavy atom. The molecule has 1 atom stereocenters. The van der Waals surface area contributed by atoms with E-state index in [1.54, 1.807) is 18.2 Å². The Kier molecular flexibility index (Phi) is 5.46. The molecule has 0 fully saturated rings. The van der Waals surface area contributed by atoms with Gasteiger partial charge in [0.1, 0.15) is 29.8 Å². The maximum Gasteiger partial charge on any atom is 0.410 e. The van der Waals surface area contributed by atoms with Gasteiger partial charge in [-0.3, -0.25) is 10.1 Å². The Hall–Kier alpha value is -2.87. The van der Waals surface area contributed by atoms with Crippen molar-refractivity contribution in [3.8, 4) is 5.88 Å². The fourth-order valence-corrected chi connectivity index (χ4v) is 3.06. The molecule has 2 N–H and O–H groups in total. The average molecular weight is 394 g/mol. The van der Waals surface area contributed by atoms with Gasteiger partial charge in [0.2, 0.25) is 11.8 Å². The van der Waals surface area contributed by atoms with E-state index in [0.29, 0.717) is 11.3 Å². The summed E-state index contributed by atoms with van der Waals surface area (Å²) in [6.07, 6.45) is -0.992. The van der Waals surface area contributed by atoms with Gasteiger partial charge in [-0.05, 0) is 30.7 Å². The number of hydrogen-bond acceptors (Lipinski definition) is 4. The average Bonchev–Trinajstić information content (AvgIpc) is 2.63. The highest BCUT2D eigenvalue weighted by Crippen LogP contribution is 2.36. The Balaban J connectivity index is 2.06. The third-order valence-corrected chi connectivity index (χ3v) is 4.35. The smallest absolute Gasteiger partial charge is 0.410 e. The minimum absolute atomic E-state index is 0.0957. The molecule has 0 saturated carbocycles. The Morgan fingerprint density at radius 2 is 2.11 bits per heavy atom. The number of hydrogen-bond donors (Lipinski definition) is 2. The number of aromatic nitrogens is 1. The van der Waals surface area contributed by atoms with Crippen LogP contribution in [0.5, 0.6) is 5.88 Å². The number of amides is 2. The number of carbonyl (C=O) groups excluding carboxylic acids is 1. The van der Waals surface area contributed by atoms with Crippen molar-refractivity contribution in [2.75, 3.05) is 22.7 Å². The van der Waals surface area contributed by atoms with Gasteiger partial charge in [0.15, 0.2) is 0 Å². The van der Waals surface area contributed by atoms with Crippen molar-refractivity contribution >= 4 is 35.1 Å². The van der Waals surface area contributed by atoms with Crippen LogP contribution in [0, 0.1) is 5.82 Å². The first-order valence-electron chi connectivity index (χ1n) is 8.18. The molecule has 1 aromatic carbocycles. The van der Waals surface area contributed by atoms with E-state index in [4.69, 9.17) is 21.4 Å². The zero-order valence-electron chi connectivity index (χ0n) is 14.4. The molecule has 0 spiro atoms. The van der Waals surface area contributed by atoms with Gasteiger partial charge in [-0.1, -0.05) is 12.1 Å². The summed E-state index contributed by atoms with van der Waals surface area (Å²) < 4.78 is 18.7. The second kappa shape index (κ2) is 7.79. The first-order chi connectivity index (χ1) is 12.9. The van der Waals surface area contributed by atoms with Crippen LogP contribution in [0.2, 0.25) is 0 Å². The van der Waals surface area contributed by atoms with Gasteiger partial charge >= 0.3 is 6.09 Å². The summed E-state index contributed by atoms with van der Waals surface area (Å²) in [4.78, 5) is 29.1. The number of pyridine rings is 1. The number of fused-ring (bicyclic) bond motifs is 1. The molecule has 3 rings (SSSR count). The van der Waals surface area contributed by atoms with Crippen LogP contribution in [-0.2, 0) is 11.2 Å². The van der Waals surface area contributed by atoms with E-state index in [1.807, 2.05) is 6.92 Å². The number of ether oxygens (including phenoxy) is 1. The van der Waals surface area contributed by atoms with Gasteiger partial charge in [-0.25, -0.2) is 9.18 Å². The van der Waals surface area contributed by atoms with Crippen LogP contribution < -0.4 is 15.0 Å². The minimum atomic E-state index is -1.28. The van der Waals surface area contributed by atoms with Crippen LogP contribution in [-0.4, -0.2) is 40.6 Å². The van der Waals surface area contributed by atoms with Gasteiger partial charge < -0.3 is 14.7 Å². The predicted molar refractivity (Wildman–Crippen MR) is 98.3 cm³/mol. The van der Waals surface area contributed by atoms with E-state index in [2.05, 4.69) is 10.3 Å². The highest BCUT2D eigenvalue weighted by atomic mass is 35.5. The van der Waals surface area contributed by atoms with Crippen LogP contribution in [0.3, 0.4) is 0 Å². The van der Waals surface area contributed by atoms with E-state index in [0.717, 1.165) is 5.56 Å². The Labute approximate surface area is 159 Å². The molecule has 0 saturated heterocycles. The molecular formula is C18H17ClFN3O4. The van der Waals surface area contributed by atoms with E-state index < -0.39 is 6.09 Å². The van der Waals surface area contributed by atoms with Gasteiger partial charge in [-0.15, -0.1) is 11.6 Å². The number of benzene rings is 1. The molecule has 1 aliphatic heterocycles. The number of rotatable bonds is 4. The van der Waals surface area contributed by atoms with Crippen LogP contribution in [0.4, 0.5) is 20.7 Å². The van der Waals surface area contributed by atoms with Crippen LogP contribution in [0.1, 0.15) is 18.1 Å². The molecule has 1 aromatic heterocycles. The molecule has 9 heteroatoms. The molecule has 0 radical (unpaired) electrons. The normalized spacial score (nSPS) is 15.7. The van der Waals surface area contributed by atoms with Crippen molar-refractivity contribution in [2.24, 2.45) is 0 Å². The van der Waals surface area contributed by atoms with E-state index >= 15 is 0 Å². The minimum Gasteiger partial charge on any atom is -0.474 e. The van der Waals surface area contributed by atoms with Gasteiger partial charge in [0.05, 0.1) is 6.04 Å². The summed E-state index contributed by atoms with van der Waals surface area (Å²) in [7, 11) is 0. The lowest BCUT2D eigenvalue weighted by Gasteiger charge is -2.34. The second-order valence-corrected chi connectivity index (χ2v) is 6.38. The number of halogens is 2. The zero-order valence-corrected chi connectivity index (χ0v) is 15.2. The van der Waals surface area contributed by atoms with Crippen LogP contribution >= 0.6 is 11.6 Å². The van der Waals surface area contributed by atoms with Gasteiger partial charge in [0, 0.05) is 12.0 Å². The van der Waals surface area contributed by atoms with Crippen molar-refractivity contribution in [3.05, 3.63) is 47.3 Å². The molecular weight excluding hydrogens is 377 g/mol. The molecule has 0 aliphatic carbocycles. The fourth-order valence-electron chi connectivity index (χ4n) is 2.93. The quantitative estimate of drug-likeness (QED) is 0.778. The third kappa shape index (κ3) is 4.11. The summed E-state index contributed by atoms with van der Waals surface area (Å²) in [5.74, 6) is -0.627. The number of nitrogens with zero attached hydrogens (tertiary/aromatic N) is 2. The van der Waals surface area contributed by atoms with E-state index in [1.165, 1.54) is 17.0 Å². The standard InChI is InChI=1S/C18H17ClFN3O4/c1-10-9-27-17-14(23(10)15(24)8-19)7-12(16(21-17)22-18(25)26)6-11-2-4-13(20)5-3-11/h2-5,7,10H,6,8-9H2,1H3,(H,21,22)(H,25,26)/t10-/m0/s1. The largest absolute Gasteiger partial charge is 0.474 e. The summed E-state index contributed by atoms with van der Waals surface area (Å²) in [5.41, 5.74) is 1.70. The number of carboxylic acid groups (broad SMARTS) is 1. The number of carbonyl (C=O) groups is 2. The molecule has 2 heterocycles. The summed E-state index contributed by atoms with van der Waals surface area (Å²) >= 11 is 5.72. The van der Waals surface area contributed by atoms with Gasteiger partial charge in [0.25, 0.3) is 0 Å². The van der Waals surface area contributed by atoms with E-state index in [9.17, 15) is 14.0 Å². The highest BCUT2D eigenvalue weighted by Gasteiger charge is 2.31. The number of alkyl halides is 1. The Bertz CT molecular complexity index is 876. The second-order valence-electron chi connectivity index (χ2n) is 6.11. The zero-order chi connectivity index (χ0) is 19.6. The summed E-state index contributed by atoms with van der Waals surface area (Å²) in [5, 5.41) is 11.3. The Morgan fingerprint density at radius 3 is 2.74 bits per heavy atom. The SMILES string of the molecule is C[C@H]1COc2nc(NC(=O)O)c(Cc3ccc(F)cc3)cc2N1C(=O)CCl. The van der Waals surface area contributed by atoms with Crippen molar-refractivity contribution < 1.29 is 23.8 Å². The lowest BCUT2D eigenvalue weighted by atomic mass is 10.0. The number of nitrogens with one attached hydrogen (secondary N) is 1. The summed E-state index contributed by atoms with van der Waals surface area (Å²) in [6.45, 7) is 2.03. The third-order valence-electron chi connectivity index (χ3n) is 4.13. The lowest BCUT2D eigenvalue weighted by molar-refractivity contribution is -0.117. The topological polar surface area (TPSA) is 91.8 Å². The first kappa shape index (κ1) is 18.9. The van der Waals surface area contributed by atoms with Gasteiger partial charge in [-0.2, -0.15) is 4.98 Å². The molecule has 27 heavy (non-hydrogen) atoms. The van der Waals surface area contributed by atoms with Crippen molar-refractivity contribution in [2.45, 2.75) is 19.4 Å². The molecule has 2 aromatic rings. The molecule has 0 bridgehead atoms. The fraction of sp³-hybridized carbons (Fsp3) is 0.278. The number of anilines is 2. The highest BCUT2D eigenvalue weighted by molar-refractivity contribution is 6.29. The molecule has 142 valence electrons. The first-order valence-corrected chi connectivity index (χ1v) is 8.71. The summed E-state index contributed by atoms with van der Waals surface area (Å²) in [6, 6.07) is 7.24. The maximum absolute atomic E-state index is 13.1. The van der Waals surface area contributed by atoms with Crippen LogP contribution in [0.25, 0.3) is 0 Å². The van der Waals surface area contributed by atoms with Crippen molar-refractivity contribution in [1.29, 1.82) is 0 Å². The molecule has 2 amide bonds. The predicted octanol–water partition coefficient (Wildman–Crippen LogP) is 3.25. The molecule has 1 aliphatic rings. The van der Waals surface area contributed by atoms with Crippen LogP contribution in [0.15, 0.2) is 30.3 Å².